The molecule has 27 heavy (non-hydrogen) atoms. The highest BCUT2D eigenvalue weighted by Gasteiger charge is 2.13. The first-order chi connectivity index (χ1) is 13.3. The Balaban J connectivity index is 0.000000614. The molecule has 0 fully saturated rings. The van der Waals surface area contributed by atoms with Crippen LogP contribution in [0.2, 0.25) is 0 Å². The number of nitrogens with zero attached hydrogens (tertiary/aromatic N) is 1. The summed E-state index contributed by atoms with van der Waals surface area (Å²) in [4.78, 5) is 0. The second kappa shape index (κ2) is 9.52. The lowest BCUT2D eigenvalue weighted by molar-refractivity contribution is 0.399. The predicted octanol–water partition coefficient (Wildman–Crippen LogP) is 6.47. The molecule has 0 saturated heterocycles. The number of fused-ring (bicyclic) bond motifs is 2. The average molecular weight is 355 g/mol. The van der Waals surface area contributed by atoms with Crippen molar-refractivity contribution >= 4 is 21.5 Å². The van der Waals surface area contributed by atoms with E-state index in [9.17, 15) is 5.26 Å². The summed E-state index contributed by atoms with van der Waals surface area (Å²) in [6, 6.07) is 27.3. The van der Waals surface area contributed by atoms with Crippen molar-refractivity contribution in [3.63, 3.8) is 0 Å². The van der Waals surface area contributed by atoms with Crippen molar-refractivity contribution in [2.24, 2.45) is 0 Å². The third kappa shape index (κ3) is 3.84. The minimum atomic E-state index is 0.752. The summed E-state index contributed by atoms with van der Waals surface area (Å²) in [5.74, 6) is 0. The lowest BCUT2D eigenvalue weighted by Gasteiger charge is -2.13. The second-order valence-electron chi connectivity index (χ2n) is 5.80. The number of aliphatic hydroxyl groups is 1. The Morgan fingerprint density at radius 3 is 1.93 bits per heavy atom. The lowest BCUT2D eigenvalue weighted by Crippen LogP contribution is -1.91. The molecule has 0 aliphatic carbocycles. The van der Waals surface area contributed by atoms with Gasteiger partial charge in [0, 0.05) is 18.1 Å². The lowest BCUT2D eigenvalue weighted by atomic mass is 9.89. The molecule has 0 aliphatic rings. The first kappa shape index (κ1) is 20.2. The van der Waals surface area contributed by atoms with Crippen LogP contribution >= 0.6 is 0 Å². The Kier molecular flexibility index (Phi) is 7.11. The molecule has 4 aromatic rings. The molecule has 2 nitrogen and oxygen atoms in total. The molecule has 0 bridgehead atoms. The number of benzene rings is 4. The zero-order valence-electron chi connectivity index (χ0n) is 16.3. The summed E-state index contributed by atoms with van der Waals surface area (Å²) >= 11 is 0. The predicted molar refractivity (Wildman–Crippen MR) is 116 cm³/mol. The first-order valence-electron chi connectivity index (χ1n) is 9.15. The standard InChI is InChI=1S/C22H15N.C2H6.CH4O/c1-15-13-21(22(14-23)19-11-5-4-9-17(15)19)20-12-6-8-16-7-2-3-10-18(16)20;2*1-2/h2-13H,1H3;1-2H3;2H,1H3. The van der Waals surface area contributed by atoms with Crippen molar-refractivity contribution in [3.05, 3.63) is 83.9 Å². The third-order valence-corrected chi connectivity index (χ3v) is 4.44. The molecule has 0 aliphatic heterocycles. The molecular weight excluding hydrogens is 330 g/mol. The van der Waals surface area contributed by atoms with Gasteiger partial charge in [-0.15, -0.1) is 0 Å². The monoisotopic (exact) mass is 355 g/mol. The van der Waals surface area contributed by atoms with Crippen LogP contribution in [0, 0.1) is 18.3 Å². The molecule has 0 heterocycles. The van der Waals surface area contributed by atoms with Gasteiger partial charge in [0.1, 0.15) is 6.07 Å². The molecule has 1 N–H and O–H groups in total. The fourth-order valence-electron chi connectivity index (χ4n) is 3.35. The zero-order valence-corrected chi connectivity index (χ0v) is 16.3. The maximum atomic E-state index is 9.79. The van der Waals surface area contributed by atoms with Crippen molar-refractivity contribution in [3.8, 4) is 17.2 Å². The Morgan fingerprint density at radius 2 is 1.26 bits per heavy atom. The normalized spacial score (nSPS) is 9.63. The fourth-order valence-corrected chi connectivity index (χ4v) is 3.35. The van der Waals surface area contributed by atoms with Crippen molar-refractivity contribution in [2.45, 2.75) is 20.8 Å². The minimum absolute atomic E-state index is 0.752. The Labute approximate surface area is 161 Å². The summed E-state index contributed by atoms with van der Waals surface area (Å²) in [6.07, 6.45) is 0. The number of hydrogen-bond acceptors (Lipinski definition) is 2. The van der Waals surface area contributed by atoms with Gasteiger partial charge in [0.2, 0.25) is 0 Å². The van der Waals surface area contributed by atoms with Crippen LogP contribution in [-0.2, 0) is 0 Å². The Morgan fingerprint density at radius 1 is 0.704 bits per heavy atom. The van der Waals surface area contributed by atoms with Gasteiger partial charge in [-0.2, -0.15) is 5.26 Å². The molecule has 0 atom stereocenters. The summed E-state index contributed by atoms with van der Waals surface area (Å²) < 4.78 is 0. The van der Waals surface area contributed by atoms with Crippen LogP contribution in [0.25, 0.3) is 32.7 Å². The van der Waals surface area contributed by atoms with Crippen molar-refractivity contribution in [1.82, 2.24) is 0 Å². The molecule has 4 rings (SSSR count). The smallest absolute Gasteiger partial charge is 0.100 e. The van der Waals surface area contributed by atoms with Gasteiger partial charge < -0.3 is 5.11 Å². The third-order valence-electron chi connectivity index (χ3n) is 4.44. The molecule has 0 unspecified atom stereocenters. The maximum Gasteiger partial charge on any atom is 0.100 e. The summed E-state index contributed by atoms with van der Waals surface area (Å²) in [5, 5.41) is 21.3. The highest BCUT2D eigenvalue weighted by atomic mass is 16.2. The van der Waals surface area contributed by atoms with Gasteiger partial charge >= 0.3 is 0 Å². The van der Waals surface area contributed by atoms with E-state index in [2.05, 4.69) is 55.5 Å². The highest BCUT2D eigenvalue weighted by Crippen LogP contribution is 2.35. The Bertz CT molecular complexity index is 1090. The van der Waals surface area contributed by atoms with E-state index in [0.717, 1.165) is 34.6 Å². The molecule has 0 amide bonds. The van der Waals surface area contributed by atoms with E-state index in [-0.39, 0.29) is 0 Å². The van der Waals surface area contributed by atoms with Crippen molar-refractivity contribution in [1.29, 1.82) is 5.26 Å². The van der Waals surface area contributed by atoms with Crippen molar-refractivity contribution < 1.29 is 5.11 Å². The van der Waals surface area contributed by atoms with E-state index in [1.165, 1.54) is 16.3 Å². The van der Waals surface area contributed by atoms with E-state index < -0.39 is 0 Å². The molecule has 0 aromatic heterocycles. The molecule has 2 heteroatoms. The second-order valence-corrected chi connectivity index (χ2v) is 5.80. The van der Waals surface area contributed by atoms with Crippen LogP contribution in [-0.4, -0.2) is 12.2 Å². The van der Waals surface area contributed by atoms with E-state index in [1.54, 1.807) is 0 Å². The van der Waals surface area contributed by atoms with Crippen LogP contribution < -0.4 is 0 Å². The number of nitriles is 1. The van der Waals surface area contributed by atoms with Gasteiger partial charge in [-0.05, 0) is 40.3 Å². The molecule has 0 radical (unpaired) electrons. The van der Waals surface area contributed by atoms with Crippen molar-refractivity contribution in [2.75, 3.05) is 7.11 Å². The quantitative estimate of drug-likeness (QED) is 0.425. The number of rotatable bonds is 1. The fraction of sp³-hybridized carbons (Fsp3) is 0.160. The highest BCUT2D eigenvalue weighted by molar-refractivity contribution is 6.03. The number of hydrogen-bond donors (Lipinski definition) is 1. The van der Waals surface area contributed by atoms with Crippen LogP contribution in [0.4, 0.5) is 0 Å². The van der Waals surface area contributed by atoms with E-state index >= 15 is 0 Å². The zero-order chi connectivity index (χ0) is 19.8. The van der Waals surface area contributed by atoms with E-state index in [1.807, 2.05) is 44.2 Å². The summed E-state index contributed by atoms with van der Waals surface area (Å²) in [7, 11) is 1.00. The van der Waals surface area contributed by atoms with Crippen LogP contribution in [0.5, 0.6) is 0 Å². The maximum absolute atomic E-state index is 9.79. The van der Waals surface area contributed by atoms with Gasteiger partial charge in [-0.3, -0.25) is 0 Å². The summed E-state index contributed by atoms with van der Waals surface area (Å²) in [5.41, 5.74) is 4.08. The molecule has 136 valence electrons. The Hall–Kier alpha value is -3.15. The van der Waals surface area contributed by atoms with Gasteiger partial charge in [0.25, 0.3) is 0 Å². The molecule has 0 spiro atoms. The van der Waals surface area contributed by atoms with Gasteiger partial charge in [-0.25, -0.2) is 0 Å². The number of aliphatic hydroxyl groups excluding tert-OH is 1. The average Bonchev–Trinajstić information content (AvgIpc) is 2.76. The molecule has 0 saturated carbocycles. The van der Waals surface area contributed by atoms with Crippen LogP contribution in [0.1, 0.15) is 25.0 Å². The van der Waals surface area contributed by atoms with Crippen LogP contribution in [0.3, 0.4) is 0 Å². The minimum Gasteiger partial charge on any atom is -0.400 e. The van der Waals surface area contributed by atoms with E-state index in [4.69, 9.17) is 5.11 Å². The van der Waals surface area contributed by atoms with Crippen LogP contribution in [0.15, 0.2) is 72.8 Å². The van der Waals surface area contributed by atoms with Gasteiger partial charge in [0.15, 0.2) is 0 Å². The largest absolute Gasteiger partial charge is 0.400 e. The van der Waals surface area contributed by atoms with Gasteiger partial charge in [0.05, 0.1) is 5.56 Å². The first-order valence-corrected chi connectivity index (χ1v) is 9.15. The molecular formula is C25H25NO. The van der Waals surface area contributed by atoms with Gasteiger partial charge in [-0.1, -0.05) is 80.6 Å². The topological polar surface area (TPSA) is 44.0 Å². The molecule has 4 aromatic carbocycles. The number of aryl methyl sites for hydroxylation is 1. The van der Waals surface area contributed by atoms with E-state index in [0.29, 0.717) is 0 Å². The SMILES string of the molecule is CC.CO.Cc1cc(-c2cccc3ccccc23)c(C#N)c2ccccc12. The summed E-state index contributed by atoms with van der Waals surface area (Å²) in [6.45, 7) is 6.11.